The minimum Gasteiger partial charge on any atom is -0.493 e. The number of rotatable bonds is 7. The molecule has 0 atom stereocenters. The SMILES string of the molecule is OCCNc1ncc(-c2cnc(NCc3c(F)ccc4c3CCO4)n3cncc23)cn1. The number of nitrogens with zero attached hydrogens (tertiary/aromatic N) is 5. The molecule has 31 heavy (non-hydrogen) atoms. The zero-order valence-electron chi connectivity index (χ0n) is 16.5. The molecule has 3 aromatic heterocycles. The van der Waals surface area contributed by atoms with Gasteiger partial charge in [-0.1, -0.05) is 0 Å². The Bertz CT molecular complexity index is 1230. The summed E-state index contributed by atoms with van der Waals surface area (Å²) in [5.41, 5.74) is 3.91. The lowest BCUT2D eigenvalue weighted by Crippen LogP contribution is -2.10. The first-order valence-corrected chi connectivity index (χ1v) is 9.89. The third-order valence-corrected chi connectivity index (χ3v) is 5.18. The van der Waals surface area contributed by atoms with Crippen LogP contribution in [0.5, 0.6) is 5.75 Å². The predicted molar refractivity (Wildman–Crippen MR) is 113 cm³/mol. The van der Waals surface area contributed by atoms with Gasteiger partial charge in [0.2, 0.25) is 11.9 Å². The summed E-state index contributed by atoms with van der Waals surface area (Å²) in [4.78, 5) is 17.3. The van der Waals surface area contributed by atoms with Crippen molar-refractivity contribution in [3.63, 3.8) is 0 Å². The molecule has 0 radical (unpaired) electrons. The van der Waals surface area contributed by atoms with E-state index in [4.69, 9.17) is 9.84 Å². The number of aliphatic hydroxyl groups excluding tert-OH is 1. The number of nitrogens with one attached hydrogen (secondary N) is 2. The largest absolute Gasteiger partial charge is 0.493 e. The molecule has 4 aromatic rings. The molecule has 4 heterocycles. The minimum atomic E-state index is -0.262. The van der Waals surface area contributed by atoms with Gasteiger partial charge in [0, 0.05) is 60.4 Å². The van der Waals surface area contributed by atoms with Gasteiger partial charge in [-0.2, -0.15) is 0 Å². The molecule has 0 fully saturated rings. The van der Waals surface area contributed by atoms with Crippen molar-refractivity contribution in [3.8, 4) is 16.9 Å². The third kappa shape index (κ3) is 3.61. The molecular formula is C21H20FN7O2. The summed E-state index contributed by atoms with van der Waals surface area (Å²) in [5.74, 6) is 1.47. The van der Waals surface area contributed by atoms with Gasteiger partial charge < -0.3 is 20.5 Å². The molecule has 1 aromatic carbocycles. The van der Waals surface area contributed by atoms with Crippen LogP contribution in [0.4, 0.5) is 16.3 Å². The summed E-state index contributed by atoms with van der Waals surface area (Å²) >= 11 is 0. The zero-order valence-corrected chi connectivity index (χ0v) is 16.5. The van der Waals surface area contributed by atoms with E-state index >= 15 is 0 Å². The molecule has 1 aliphatic heterocycles. The van der Waals surface area contributed by atoms with Crippen molar-refractivity contribution in [3.05, 3.63) is 60.2 Å². The van der Waals surface area contributed by atoms with Crippen molar-refractivity contribution < 1.29 is 14.2 Å². The second-order valence-corrected chi connectivity index (χ2v) is 7.04. The Morgan fingerprint density at radius 3 is 2.81 bits per heavy atom. The fourth-order valence-electron chi connectivity index (χ4n) is 3.67. The van der Waals surface area contributed by atoms with E-state index in [1.54, 1.807) is 37.2 Å². The van der Waals surface area contributed by atoms with Crippen molar-refractivity contribution in [2.75, 3.05) is 30.4 Å². The average Bonchev–Trinajstić information content (AvgIpc) is 3.47. The van der Waals surface area contributed by atoms with E-state index in [2.05, 4.69) is 30.6 Å². The Morgan fingerprint density at radius 1 is 1.10 bits per heavy atom. The van der Waals surface area contributed by atoms with Gasteiger partial charge in [0.1, 0.15) is 17.9 Å². The molecule has 0 spiro atoms. The summed E-state index contributed by atoms with van der Waals surface area (Å²) < 4.78 is 21.8. The van der Waals surface area contributed by atoms with Crippen LogP contribution in [0.15, 0.2) is 43.2 Å². The number of ether oxygens (including phenoxy) is 1. The quantitative estimate of drug-likeness (QED) is 0.417. The summed E-state index contributed by atoms with van der Waals surface area (Å²) in [5, 5.41) is 15.0. The molecule has 0 saturated carbocycles. The fraction of sp³-hybridized carbons (Fsp3) is 0.238. The van der Waals surface area contributed by atoms with E-state index in [1.807, 2.05) is 4.40 Å². The van der Waals surface area contributed by atoms with Crippen LogP contribution in [0.25, 0.3) is 16.6 Å². The van der Waals surface area contributed by atoms with Crippen molar-refractivity contribution in [2.24, 2.45) is 0 Å². The summed E-state index contributed by atoms with van der Waals surface area (Å²) in [6.07, 6.45) is 9.17. The van der Waals surface area contributed by atoms with E-state index in [-0.39, 0.29) is 19.0 Å². The van der Waals surface area contributed by atoms with Crippen molar-refractivity contribution >= 4 is 17.4 Å². The molecule has 0 aliphatic carbocycles. The number of benzene rings is 1. The number of hydrogen-bond donors (Lipinski definition) is 3. The Labute approximate surface area is 177 Å². The van der Waals surface area contributed by atoms with Gasteiger partial charge in [0.15, 0.2) is 0 Å². The molecule has 5 rings (SSSR count). The number of anilines is 2. The monoisotopic (exact) mass is 421 g/mol. The first-order valence-electron chi connectivity index (χ1n) is 9.89. The Hall–Kier alpha value is -3.79. The highest BCUT2D eigenvalue weighted by Crippen LogP contribution is 2.31. The number of aliphatic hydroxyl groups is 1. The van der Waals surface area contributed by atoms with Gasteiger partial charge in [0.25, 0.3) is 0 Å². The Morgan fingerprint density at radius 2 is 1.97 bits per heavy atom. The average molecular weight is 421 g/mol. The van der Waals surface area contributed by atoms with Crippen LogP contribution in [0.2, 0.25) is 0 Å². The molecule has 3 N–H and O–H groups in total. The van der Waals surface area contributed by atoms with Crippen LogP contribution < -0.4 is 15.4 Å². The predicted octanol–water partition coefficient (Wildman–Crippen LogP) is 2.28. The van der Waals surface area contributed by atoms with Crippen LogP contribution >= 0.6 is 0 Å². The molecule has 0 bridgehead atoms. The number of halogens is 1. The van der Waals surface area contributed by atoms with Gasteiger partial charge in [0.05, 0.1) is 24.9 Å². The van der Waals surface area contributed by atoms with E-state index in [9.17, 15) is 4.39 Å². The third-order valence-electron chi connectivity index (χ3n) is 5.18. The second kappa shape index (κ2) is 8.15. The van der Waals surface area contributed by atoms with Gasteiger partial charge in [-0.25, -0.2) is 24.3 Å². The summed E-state index contributed by atoms with van der Waals surface area (Å²) in [7, 11) is 0. The number of imidazole rings is 1. The summed E-state index contributed by atoms with van der Waals surface area (Å²) in [6.45, 7) is 1.24. The minimum absolute atomic E-state index is 0.00263. The molecule has 9 nitrogen and oxygen atoms in total. The highest BCUT2D eigenvalue weighted by Gasteiger charge is 2.20. The fourth-order valence-corrected chi connectivity index (χ4v) is 3.67. The van der Waals surface area contributed by atoms with E-state index in [0.29, 0.717) is 37.0 Å². The zero-order chi connectivity index (χ0) is 21.2. The maximum atomic E-state index is 14.4. The molecule has 0 saturated heterocycles. The normalized spacial score (nSPS) is 12.6. The van der Waals surface area contributed by atoms with Crippen LogP contribution in [0.3, 0.4) is 0 Å². The van der Waals surface area contributed by atoms with Gasteiger partial charge in [-0.05, 0) is 12.1 Å². The lowest BCUT2D eigenvalue weighted by molar-refractivity contribution is 0.311. The highest BCUT2D eigenvalue weighted by atomic mass is 19.1. The van der Waals surface area contributed by atoms with Gasteiger partial charge >= 0.3 is 0 Å². The standard InChI is InChI=1S/C21H20FN7O2/c22-17-1-2-19-14(3-6-31-19)16(17)10-28-21-27-9-15(18-11-23-12-29(18)21)13-7-25-20(26-8-13)24-4-5-30/h1-2,7-9,11-12,30H,3-6,10H2,(H,27,28)(H,24,25,26). The molecule has 0 amide bonds. The number of aromatic nitrogens is 5. The van der Waals surface area contributed by atoms with Crippen LogP contribution in [0, 0.1) is 5.82 Å². The van der Waals surface area contributed by atoms with Crippen molar-refractivity contribution in [1.29, 1.82) is 0 Å². The van der Waals surface area contributed by atoms with E-state index in [0.717, 1.165) is 28.0 Å². The first-order chi connectivity index (χ1) is 15.2. The van der Waals surface area contributed by atoms with Gasteiger partial charge in [-0.3, -0.25) is 4.40 Å². The second-order valence-electron chi connectivity index (χ2n) is 7.04. The van der Waals surface area contributed by atoms with Crippen LogP contribution in [-0.2, 0) is 13.0 Å². The highest BCUT2D eigenvalue weighted by molar-refractivity contribution is 5.79. The van der Waals surface area contributed by atoms with Crippen molar-refractivity contribution in [2.45, 2.75) is 13.0 Å². The lowest BCUT2D eigenvalue weighted by Gasteiger charge is -2.13. The van der Waals surface area contributed by atoms with Crippen molar-refractivity contribution in [1.82, 2.24) is 24.3 Å². The van der Waals surface area contributed by atoms with E-state index in [1.165, 1.54) is 6.07 Å². The summed E-state index contributed by atoms with van der Waals surface area (Å²) in [6, 6.07) is 3.11. The van der Waals surface area contributed by atoms with Gasteiger partial charge in [-0.15, -0.1) is 0 Å². The van der Waals surface area contributed by atoms with Crippen LogP contribution in [-0.4, -0.2) is 49.2 Å². The maximum Gasteiger partial charge on any atom is 0.222 e. The Kier molecular flexibility index (Phi) is 5.04. The molecule has 1 aliphatic rings. The van der Waals surface area contributed by atoms with E-state index < -0.39 is 0 Å². The topological polar surface area (TPSA) is 109 Å². The smallest absolute Gasteiger partial charge is 0.222 e. The van der Waals surface area contributed by atoms with Crippen LogP contribution in [0.1, 0.15) is 11.1 Å². The first kappa shape index (κ1) is 19.2. The molecule has 158 valence electrons. The molecule has 10 heteroatoms. The molecular weight excluding hydrogens is 401 g/mol. The molecule has 0 unspecified atom stereocenters. The number of fused-ring (bicyclic) bond motifs is 2. The lowest BCUT2D eigenvalue weighted by atomic mass is 10.0. The number of hydrogen-bond acceptors (Lipinski definition) is 8. The Balaban J connectivity index is 1.41. The maximum absolute atomic E-state index is 14.4.